The van der Waals surface area contributed by atoms with Gasteiger partial charge in [-0.3, -0.25) is 0 Å². The molecule has 0 radical (unpaired) electrons. The summed E-state index contributed by atoms with van der Waals surface area (Å²) in [6, 6.07) is 6.04. The number of methoxy groups -OCH3 is 2. The molecular weight excluding hydrogens is 248 g/mol. The minimum absolute atomic E-state index is 0.0758. The molecule has 1 aliphatic rings. The zero-order valence-corrected chi connectivity index (χ0v) is 12.5. The zero-order chi connectivity index (χ0) is 13.6. The molecule has 0 N–H and O–H groups in total. The van der Waals surface area contributed by atoms with E-state index < -0.39 is 0 Å². The molecule has 2 unspecified atom stereocenters. The van der Waals surface area contributed by atoms with Crippen LogP contribution in [0.5, 0.6) is 11.5 Å². The first-order valence-corrected chi connectivity index (χ1v) is 6.75. The van der Waals surface area contributed by atoms with Crippen LogP contribution in [0.1, 0.15) is 26.3 Å². The molecule has 100 valence electrons. The minimum atomic E-state index is 0.0758. The Morgan fingerprint density at radius 1 is 1.17 bits per heavy atom. The quantitative estimate of drug-likeness (QED) is 0.772. The lowest BCUT2D eigenvalue weighted by atomic mass is 9.89. The number of alkyl halides is 1. The summed E-state index contributed by atoms with van der Waals surface area (Å²) in [5.41, 5.74) is 1.50. The number of benzene rings is 1. The first-order valence-electron chi connectivity index (χ1n) is 6.22. The van der Waals surface area contributed by atoms with Crippen LogP contribution < -0.4 is 9.47 Å². The first kappa shape index (κ1) is 13.5. The van der Waals surface area contributed by atoms with Crippen LogP contribution in [0.3, 0.4) is 0 Å². The molecular formula is C15H21ClO2. The Kier molecular flexibility index (Phi) is 3.26. The maximum absolute atomic E-state index is 6.11. The van der Waals surface area contributed by atoms with Crippen LogP contribution in [-0.2, 0) is 5.41 Å². The SMILES string of the molecule is COc1ccc(C2(C)C(CCl)C2(C)C)c(OC)c1. The van der Waals surface area contributed by atoms with Crippen molar-refractivity contribution in [2.45, 2.75) is 26.2 Å². The lowest BCUT2D eigenvalue weighted by Gasteiger charge is -2.19. The molecule has 1 aromatic carbocycles. The Bertz CT molecular complexity index is 456. The highest BCUT2D eigenvalue weighted by Crippen LogP contribution is 2.70. The highest BCUT2D eigenvalue weighted by molar-refractivity contribution is 6.18. The van der Waals surface area contributed by atoms with Crippen LogP contribution in [0, 0.1) is 11.3 Å². The smallest absolute Gasteiger partial charge is 0.126 e. The van der Waals surface area contributed by atoms with Crippen molar-refractivity contribution in [1.82, 2.24) is 0 Å². The van der Waals surface area contributed by atoms with Crippen LogP contribution in [0.2, 0.25) is 0 Å². The van der Waals surface area contributed by atoms with Gasteiger partial charge in [0.2, 0.25) is 0 Å². The highest BCUT2D eigenvalue weighted by Gasteiger charge is 2.68. The van der Waals surface area contributed by atoms with Gasteiger partial charge >= 0.3 is 0 Å². The van der Waals surface area contributed by atoms with E-state index in [4.69, 9.17) is 21.1 Å². The summed E-state index contributed by atoms with van der Waals surface area (Å²) >= 11 is 6.11. The van der Waals surface area contributed by atoms with E-state index in [9.17, 15) is 0 Å². The van der Waals surface area contributed by atoms with Crippen molar-refractivity contribution in [2.24, 2.45) is 11.3 Å². The molecule has 1 aromatic rings. The van der Waals surface area contributed by atoms with Gasteiger partial charge in [0.25, 0.3) is 0 Å². The second-order valence-electron chi connectivity index (χ2n) is 5.70. The largest absolute Gasteiger partial charge is 0.497 e. The number of hydrogen-bond donors (Lipinski definition) is 0. The van der Waals surface area contributed by atoms with Crippen molar-refractivity contribution in [3.05, 3.63) is 23.8 Å². The fourth-order valence-electron chi connectivity index (χ4n) is 3.21. The summed E-state index contributed by atoms with van der Waals surface area (Å²) in [6.07, 6.45) is 0. The van der Waals surface area contributed by atoms with Crippen molar-refractivity contribution in [3.63, 3.8) is 0 Å². The Balaban J connectivity index is 2.47. The van der Waals surface area contributed by atoms with E-state index in [2.05, 4.69) is 26.8 Å². The Morgan fingerprint density at radius 2 is 1.83 bits per heavy atom. The average Bonchev–Trinajstić information content (AvgIpc) is 2.82. The van der Waals surface area contributed by atoms with Crippen molar-refractivity contribution >= 4 is 11.6 Å². The molecule has 0 aliphatic heterocycles. The number of halogens is 1. The van der Waals surface area contributed by atoms with E-state index in [1.54, 1.807) is 14.2 Å². The molecule has 0 bridgehead atoms. The lowest BCUT2D eigenvalue weighted by molar-refractivity contribution is 0.383. The predicted molar refractivity (Wildman–Crippen MR) is 74.9 cm³/mol. The number of ether oxygens (including phenoxy) is 2. The molecule has 0 amide bonds. The summed E-state index contributed by atoms with van der Waals surface area (Å²) in [7, 11) is 3.37. The standard InChI is InChI=1S/C15H21ClO2/c1-14(2)13(9-16)15(14,3)11-7-6-10(17-4)8-12(11)18-5/h6-8,13H,9H2,1-5H3. The van der Waals surface area contributed by atoms with Gasteiger partial charge < -0.3 is 9.47 Å². The lowest BCUT2D eigenvalue weighted by Crippen LogP contribution is -2.11. The summed E-state index contributed by atoms with van der Waals surface area (Å²) in [6.45, 7) is 6.80. The van der Waals surface area contributed by atoms with Crippen molar-refractivity contribution in [3.8, 4) is 11.5 Å². The van der Waals surface area contributed by atoms with Gasteiger partial charge in [0.05, 0.1) is 14.2 Å². The molecule has 2 atom stereocenters. The second kappa shape index (κ2) is 4.34. The van der Waals surface area contributed by atoms with Crippen LogP contribution in [0.15, 0.2) is 18.2 Å². The van der Waals surface area contributed by atoms with Gasteiger partial charge in [-0.1, -0.05) is 26.8 Å². The van der Waals surface area contributed by atoms with Gasteiger partial charge in [0.15, 0.2) is 0 Å². The van der Waals surface area contributed by atoms with Crippen LogP contribution in [0.4, 0.5) is 0 Å². The number of hydrogen-bond acceptors (Lipinski definition) is 2. The van der Waals surface area contributed by atoms with Crippen LogP contribution in [0.25, 0.3) is 0 Å². The Morgan fingerprint density at radius 3 is 2.28 bits per heavy atom. The Hall–Kier alpha value is -0.890. The van der Waals surface area contributed by atoms with Crippen molar-refractivity contribution in [1.29, 1.82) is 0 Å². The van der Waals surface area contributed by atoms with Crippen molar-refractivity contribution < 1.29 is 9.47 Å². The van der Waals surface area contributed by atoms with E-state index in [0.29, 0.717) is 11.8 Å². The van der Waals surface area contributed by atoms with Gasteiger partial charge in [-0.15, -0.1) is 11.6 Å². The summed E-state index contributed by atoms with van der Waals surface area (Å²) in [4.78, 5) is 0. The summed E-state index contributed by atoms with van der Waals surface area (Å²) < 4.78 is 10.8. The van der Waals surface area contributed by atoms with Crippen LogP contribution in [-0.4, -0.2) is 20.1 Å². The second-order valence-corrected chi connectivity index (χ2v) is 6.01. The molecule has 2 rings (SSSR count). The molecule has 18 heavy (non-hydrogen) atoms. The van der Waals surface area contributed by atoms with Gasteiger partial charge in [0.1, 0.15) is 11.5 Å². The normalized spacial score (nSPS) is 28.9. The molecule has 0 spiro atoms. The predicted octanol–water partition coefficient (Wildman–Crippen LogP) is 3.86. The van der Waals surface area contributed by atoms with Crippen LogP contribution >= 0.6 is 11.6 Å². The third-order valence-corrected chi connectivity index (χ3v) is 5.25. The average molecular weight is 269 g/mol. The third kappa shape index (κ3) is 1.62. The van der Waals surface area contributed by atoms with E-state index in [1.807, 2.05) is 12.1 Å². The number of rotatable bonds is 4. The van der Waals surface area contributed by atoms with Crippen molar-refractivity contribution in [2.75, 3.05) is 20.1 Å². The molecule has 3 heteroatoms. The third-order valence-electron chi connectivity index (χ3n) is 4.95. The molecule has 1 saturated carbocycles. The fourth-order valence-corrected chi connectivity index (χ4v) is 3.91. The molecule has 0 heterocycles. The fraction of sp³-hybridized carbons (Fsp3) is 0.600. The van der Waals surface area contributed by atoms with E-state index in [0.717, 1.165) is 11.5 Å². The highest BCUT2D eigenvalue weighted by atomic mass is 35.5. The van der Waals surface area contributed by atoms with Gasteiger partial charge in [0, 0.05) is 22.9 Å². The summed E-state index contributed by atoms with van der Waals surface area (Å²) in [5, 5.41) is 0. The van der Waals surface area contributed by atoms with E-state index in [-0.39, 0.29) is 10.8 Å². The van der Waals surface area contributed by atoms with E-state index in [1.165, 1.54) is 5.56 Å². The van der Waals surface area contributed by atoms with E-state index >= 15 is 0 Å². The molecule has 1 fully saturated rings. The molecule has 2 nitrogen and oxygen atoms in total. The first-order chi connectivity index (χ1) is 8.43. The Labute approximate surface area is 114 Å². The minimum Gasteiger partial charge on any atom is -0.497 e. The van der Waals surface area contributed by atoms with Gasteiger partial charge in [-0.05, 0) is 17.4 Å². The van der Waals surface area contributed by atoms with Gasteiger partial charge in [-0.2, -0.15) is 0 Å². The molecule has 0 saturated heterocycles. The molecule has 0 aromatic heterocycles. The van der Waals surface area contributed by atoms with Gasteiger partial charge in [-0.25, -0.2) is 0 Å². The summed E-state index contributed by atoms with van der Waals surface area (Å²) in [5.74, 6) is 2.87. The zero-order valence-electron chi connectivity index (χ0n) is 11.7. The topological polar surface area (TPSA) is 18.5 Å². The maximum atomic E-state index is 6.11. The molecule has 1 aliphatic carbocycles. The maximum Gasteiger partial charge on any atom is 0.126 e. The monoisotopic (exact) mass is 268 g/mol.